The normalized spacial score (nSPS) is 12.1. The molecule has 0 aliphatic heterocycles. The van der Waals surface area contributed by atoms with Gasteiger partial charge in [0.05, 0.1) is 5.69 Å². The quantitative estimate of drug-likeness (QED) is 0.554. The standard InChI is InChI=1S/C16H27NSi/c1-13(2)18(14(3)4,15(5)6)12-10-16-9-8-11-17(16)7/h8-9,11,13-15H,1-7H3. The number of aromatic nitrogens is 1. The average Bonchev–Trinajstić information content (AvgIpc) is 2.63. The lowest BCUT2D eigenvalue weighted by Gasteiger charge is -2.38. The van der Waals surface area contributed by atoms with Crippen molar-refractivity contribution in [3.8, 4) is 11.5 Å². The van der Waals surface area contributed by atoms with E-state index in [1.807, 2.05) is 0 Å². The highest BCUT2D eigenvalue weighted by molar-refractivity contribution is 6.90. The highest BCUT2D eigenvalue weighted by Crippen LogP contribution is 2.40. The summed E-state index contributed by atoms with van der Waals surface area (Å²) in [7, 11) is 0.482. The molecule has 1 aromatic heterocycles. The van der Waals surface area contributed by atoms with Gasteiger partial charge >= 0.3 is 0 Å². The summed E-state index contributed by atoms with van der Waals surface area (Å²) in [6, 6.07) is 4.17. The maximum atomic E-state index is 3.74. The van der Waals surface area contributed by atoms with E-state index in [4.69, 9.17) is 0 Å². The Morgan fingerprint density at radius 1 is 1.00 bits per heavy atom. The molecule has 0 saturated heterocycles. The lowest BCUT2D eigenvalue weighted by molar-refractivity contribution is 0.838. The molecule has 1 heterocycles. The van der Waals surface area contributed by atoms with Crippen LogP contribution in [0.3, 0.4) is 0 Å². The Kier molecular flexibility index (Phi) is 4.87. The zero-order chi connectivity index (χ0) is 13.9. The van der Waals surface area contributed by atoms with Crippen molar-refractivity contribution in [2.45, 2.75) is 58.2 Å². The third-order valence-corrected chi connectivity index (χ3v) is 10.5. The van der Waals surface area contributed by atoms with Crippen LogP contribution in [0.4, 0.5) is 0 Å². The van der Waals surface area contributed by atoms with Crippen molar-refractivity contribution < 1.29 is 0 Å². The fourth-order valence-electron chi connectivity index (χ4n) is 3.20. The molecule has 0 aliphatic rings. The first-order valence-corrected chi connectivity index (χ1v) is 9.20. The molecule has 1 aromatic rings. The van der Waals surface area contributed by atoms with Gasteiger partial charge in [-0.15, -0.1) is 5.54 Å². The molecular weight excluding hydrogens is 234 g/mol. The average molecular weight is 261 g/mol. The van der Waals surface area contributed by atoms with E-state index in [2.05, 4.69) is 83.0 Å². The first-order valence-electron chi connectivity index (χ1n) is 6.96. The van der Waals surface area contributed by atoms with Crippen LogP contribution >= 0.6 is 0 Å². The Morgan fingerprint density at radius 3 is 1.83 bits per heavy atom. The number of nitrogens with zero attached hydrogens (tertiary/aromatic N) is 1. The summed E-state index contributed by atoms with van der Waals surface area (Å²) in [6.07, 6.45) is 2.06. The zero-order valence-corrected chi connectivity index (χ0v) is 13.9. The first kappa shape index (κ1) is 15.1. The molecule has 1 rings (SSSR count). The maximum Gasteiger partial charge on any atom is 0.146 e. The van der Waals surface area contributed by atoms with E-state index in [0.29, 0.717) is 16.6 Å². The van der Waals surface area contributed by atoms with Crippen molar-refractivity contribution in [2.24, 2.45) is 7.05 Å². The molecule has 0 N–H and O–H groups in total. The van der Waals surface area contributed by atoms with E-state index in [-0.39, 0.29) is 0 Å². The predicted molar refractivity (Wildman–Crippen MR) is 83.3 cm³/mol. The molecule has 0 aromatic carbocycles. The van der Waals surface area contributed by atoms with Gasteiger partial charge in [0.2, 0.25) is 0 Å². The van der Waals surface area contributed by atoms with Crippen LogP contribution in [-0.4, -0.2) is 12.6 Å². The molecule has 0 atom stereocenters. The van der Waals surface area contributed by atoms with E-state index in [9.17, 15) is 0 Å². The van der Waals surface area contributed by atoms with Crippen LogP contribution in [0.25, 0.3) is 0 Å². The summed E-state index contributed by atoms with van der Waals surface area (Å²) in [5.74, 6) is 3.45. The summed E-state index contributed by atoms with van der Waals surface area (Å²) in [5.41, 5.74) is 6.97. The highest BCUT2D eigenvalue weighted by atomic mass is 28.3. The van der Waals surface area contributed by atoms with Gasteiger partial charge in [-0.3, -0.25) is 0 Å². The van der Waals surface area contributed by atoms with Crippen molar-refractivity contribution >= 4 is 8.07 Å². The smallest absolute Gasteiger partial charge is 0.146 e. The molecule has 18 heavy (non-hydrogen) atoms. The molecule has 0 bridgehead atoms. The van der Waals surface area contributed by atoms with Crippen LogP contribution in [0.2, 0.25) is 16.6 Å². The lowest BCUT2D eigenvalue weighted by Crippen LogP contribution is -2.43. The number of hydrogen-bond donors (Lipinski definition) is 0. The van der Waals surface area contributed by atoms with E-state index >= 15 is 0 Å². The second-order valence-corrected chi connectivity index (χ2v) is 11.7. The molecule has 0 aliphatic carbocycles. The molecule has 0 amide bonds. The summed E-state index contributed by atoms with van der Waals surface area (Å²) >= 11 is 0. The summed E-state index contributed by atoms with van der Waals surface area (Å²) in [5, 5.41) is 0. The van der Waals surface area contributed by atoms with E-state index in [0.717, 1.165) is 5.69 Å². The molecule has 0 spiro atoms. The zero-order valence-electron chi connectivity index (χ0n) is 12.9. The molecule has 0 fully saturated rings. The maximum absolute atomic E-state index is 3.74. The number of hydrogen-bond acceptors (Lipinski definition) is 0. The SMILES string of the molecule is CC(C)[Si](C#Cc1cccn1C)(C(C)C)C(C)C. The molecule has 0 radical (unpaired) electrons. The summed E-state index contributed by atoms with van der Waals surface area (Å²) in [4.78, 5) is 0. The fraction of sp³-hybridized carbons (Fsp3) is 0.625. The van der Waals surface area contributed by atoms with Gasteiger partial charge in [0, 0.05) is 13.2 Å². The molecule has 0 saturated carbocycles. The molecule has 100 valence electrons. The Labute approximate surface area is 114 Å². The largest absolute Gasteiger partial charge is 0.344 e. The van der Waals surface area contributed by atoms with Crippen LogP contribution in [0, 0.1) is 11.5 Å². The van der Waals surface area contributed by atoms with Crippen molar-refractivity contribution in [1.82, 2.24) is 4.57 Å². The molecule has 0 unspecified atom stereocenters. The predicted octanol–water partition coefficient (Wildman–Crippen LogP) is 4.59. The van der Waals surface area contributed by atoms with Gasteiger partial charge in [-0.05, 0) is 28.8 Å². The van der Waals surface area contributed by atoms with Crippen molar-refractivity contribution in [1.29, 1.82) is 0 Å². The fourth-order valence-corrected chi connectivity index (χ4v) is 8.41. The third-order valence-electron chi connectivity index (χ3n) is 4.22. The Morgan fingerprint density at radius 2 is 1.50 bits per heavy atom. The molecule has 2 heteroatoms. The minimum Gasteiger partial charge on any atom is -0.344 e. The van der Waals surface area contributed by atoms with Crippen molar-refractivity contribution in [3.05, 3.63) is 24.0 Å². The van der Waals surface area contributed by atoms with Gasteiger partial charge in [0.25, 0.3) is 0 Å². The highest BCUT2D eigenvalue weighted by Gasteiger charge is 2.41. The van der Waals surface area contributed by atoms with Crippen LogP contribution in [0.5, 0.6) is 0 Å². The number of rotatable bonds is 3. The van der Waals surface area contributed by atoms with Gasteiger partial charge in [-0.25, -0.2) is 0 Å². The first-order chi connectivity index (χ1) is 8.32. The van der Waals surface area contributed by atoms with Gasteiger partial charge in [0.1, 0.15) is 8.07 Å². The van der Waals surface area contributed by atoms with Crippen LogP contribution in [-0.2, 0) is 7.05 Å². The van der Waals surface area contributed by atoms with Gasteiger partial charge in [-0.2, -0.15) is 0 Å². The molecule has 1 nitrogen and oxygen atoms in total. The Bertz CT molecular complexity index is 421. The molecular formula is C16H27NSi. The summed E-state index contributed by atoms with van der Waals surface area (Å²) < 4.78 is 2.10. The number of aryl methyl sites for hydroxylation is 1. The Hall–Kier alpha value is -0.943. The van der Waals surface area contributed by atoms with Crippen LogP contribution in [0.1, 0.15) is 47.2 Å². The summed E-state index contributed by atoms with van der Waals surface area (Å²) in [6.45, 7) is 14.1. The van der Waals surface area contributed by atoms with E-state index < -0.39 is 8.07 Å². The van der Waals surface area contributed by atoms with E-state index in [1.165, 1.54) is 0 Å². The lowest BCUT2D eigenvalue weighted by atomic mass is 10.4. The van der Waals surface area contributed by atoms with Gasteiger partial charge in [-0.1, -0.05) is 47.5 Å². The van der Waals surface area contributed by atoms with E-state index in [1.54, 1.807) is 0 Å². The van der Waals surface area contributed by atoms with Gasteiger partial charge in [0.15, 0.2) is 0 Å². The van der Waals surface area contributed by atoms with Crippen LogP contribution < -0.4 is 0 Å². The minimum absolute atomic E-state index is 0.699. The third kappa shape index (κ3) is 2.72. The van der Waals surface area contributed by atoms with Crippen molar-refractivity contribution in [3.63, 3.8) is 0 Å². The Balaban J connectivity index is 3.22. The minimum atomic E-state index is -1.58. The second kappa shape index (κ2) is 5.80. The van der Waals surface area contributed by atoms with Crippen LogP contribution in [0.15, 0.2) is 18.3 Å². The van der Waals surface area contributed by atoms with Gasteiger partial charge < -0.3 is 4.57 Å². The topological polar surface area (TPSA) is 4.93 Å². The monoisotopic (exact) mass is 261 g/mol. The second-order valence-electron chi connectivity index (χ2n) is 6.15. The van der Waals surface area contributed by atoms with Crippen molar-refractivity contribution in [2.75, 3.05) is 0 Å².